The van der Waals surface area contributed by atoms with Crippen LogP contribution in [0.1, 0.15) is 0 Å². The van der Waals surface area contributed by atoms with Crippen molar-refractivity contribution in [2.75, 3.05) is 13.2 Å². The first-order chi connectivity index (χ1) is 7.19. The molecule has 11 heteroatoms. The van der Waals surface area contributed by atoms with Crippen LogP contribution in [0.3, 0.4) is 0 Å². The zero-order valence-electron chi connectivity index (χ0n) is 8.96. The second-order valence-corrected chi connectivity index (χ2v) is 4.09. The predicted octanol–water partition coefficient (Wildman–Crippen LogP) is -6.89. The van der Waals surface area contributed by atoms with Crippen molar-refractivity contribution >= 4 is 13.6 Å². The van der Waals surface area contributed by atoms with E-state index in [1.165, 1.54) is 0 Å². The van der Waals surface area contributed by atoms with E-state index < -0.39 is 45.1 Å². The Morgan fingerprint density at radius 3 is 2.18 bits per heavy atom. The number of rotatable bonds is 7. The van der Waals surface area contributed by atoms with E-state index in [0.29, 0.717) is 0 Å². The van der Waals surface area contributed by atoms with Gasteiger partial charge in [-0.15, -0.1) is 0 Å². The molecule has 96 valence electrons. The summed E-state index contributed by atoms with van der Waals surface area (Å²) in [6, 6.07) is 0. The summed E-state index contributed by atoms with van der Waals surface area (Å²) in [5, 5.41) is 35.5. The van der Waals surface area contributed by atoms with Crippen molar-refractivity contribution < 1.29 is 73.7 Å². The van der Waals surface area contributed by atoms with Crippen LogP contribution < -0.4 is 34.5 Å². The number of hydrogen-bond acceptors (Lipinski definition) is 8. The van der Waals surface area contributed by atoms with Gasteiger partial charge in [-0.25, -0.2) is 0 Å². The predicted molar refractivity (Wildman–Crippen MR) is 45.9 cm³/mol. The van der Waals surface area contributed by atoms with Crippen LogP contribution in [0.15, 0.2) is 0 Å². The first-order valence-corrected chi connectivity index (χ1v) is 5.54. The fourth-order valence-electron chi connectivity index (χ4n) is 0.764. The Balaban J connectivity index is 0. The van der Waals surface area contributed by atoms with Gasteiger partial charge in [0.15, 0.2) is 5.78 Å². The number of carbonyl (C=O) groups excluding carboxylic acids is 1. The van der Waals surface area contributed by atoms with E-state index in [-0.39, 0.29) is 29.6 Å². The molecule has 0 aliphatic rings. The third-order valence-electron chi connectivity index (χ3n) is 1.61. The van der Waals surface area contributed by atoms with Gasteiger partial charge in [0.2, 0.25) is 0 Å². The molecule has 0 spiro atoms. The summed E-state index contributed by atoms with van der Waals surface area (Å²) in [4.78, 5) is 29.0. The molecule has 5 N–H and O–H groups in total. The normalized spacial score (nSPS) is 19.6. The number of aliphatic hydroxyl groups is 4. The third-order valence-corrected chi connectivity index (χ3v) is 2.09. The molecule has 0 saturated carbocycles. The van der Waals surface area contributed by atoms with Crippen molar-refractivity contribution in [3.63, 3.8) is 0 Å². The maximum atomic E-state index is 10.7. The van der Waals surface area contributed by atoms with E-state index >= 15 is 0 Å². The Morgan fingerprint density at radius 2 is 1.82 bits per heavy atom. The molecule has 0 saturated heterocycles. The van der Waals surface area contributed by atoms with E-state index in [4.69, 9.17) is 25.3 Å². The summed E-state index contributed by atoms with van der Waals surface area (Å²) in [7, 11) is -5.06. The van der Waals surface area contributed by atoms with Crippen LogP contribution in [0.25, 0.3) is 0 Å². The van der Waals surface area contributed by atoms with Gasteiger partial charge < -0.3 is 34.7 Å². The molecular formula is C6H12NaO9P. The Morgan fingerprint density at radius 1 is 1.35 bits per heavy atom. The molecule has 0 bridgehead atoms. The minimum atomic E-state index is -5.06. The van der Waals surface area contributed by atoms with Crippen LogP contribution >= 0.6 is 7.82 Å². The van der Waals surface area contributed by atoms with Gasteiger partial charge in [-0.2, -0.15) is 0 Å². The number of aliphatic hydroxyl groups excluding tert-OH is 4. The number of phosphoric ester groups is 1. The Kier molecular flexibility index (Phi) is 10.2. The first-order valence-electron chi connectivity index (χ1n) is 4.05. The van der Waals surface area contributed by atoms with E-state index in [2.05, 4.69) is 4.52 Å². The number of ketones is 1. The zero-order chi connectivity index (χ0) is 12.9. The average Bonchev–Trinajstić information content (AvgIpc) is 2.21. The Bertz CT molecular complexity index is 279. The number of phosphoric acid groups is 1. The van der Waals surface area contributed by atoms with Crippen molar-refractivity contribution in [3.8, 4) is 0 Å². The van der Waals surface area contributed by atoms with E-state index in [9.17, 15) is 14.3 Å². The minimum absolute atomic E-state index is 0. The Labute approximate surface area is 119 Å². The van der Waals surface area contributed by atoms with Crippen molar-refractivity contribution in [2.24, 2.45) is 0 Å². The van der Waals surface area contributed by atoms with Crippen molar-refractivity contribution in [3.05, 3.63) is 0 Å². The fraction of sp³-hybridized carbons (Fsp3) is 0.833. The summed E-state index contributed by atoms with van der Waals surface area (Å²) in [6.45, 7) is -2.08. The summed E-state index contributed by atoms with van der Waals surface area (Å²) < 4.78 is 13.9. The molecule has 0 aromatic rings. The molecule has 17 heavy (non-hydrogen) atoms. The minimum Gasteiger partial charge on any atom is -0.756 e. The van der Waals surface area contributed by atoms with Gasteiger partial charge in [-0.3, -0.25) is 9.36 Å². The van der Waals surface area contributed by atoms with Crippen molar-refractivity contribution in [1.29, 1.82) is 0 Å². The number of hydrogen-bond donors (Lipinski definition) is 5. The molecule has 0 radical (unpaired) electrons. The molecule has 9 nitrogen and oxygen atoms in total. The molecule has 0 heterocycles. The smallest absolute Gasteiger partial charge is 0.756 e. The largest absolute Gasteiger partial charge is 1.00 e. The maximum absolute atomic E-state index is 10.7. The summed E-state index contributed by atoms with van der Waals surface area (Å²) in [5.74, 6) is -1.15. The quantitative estimate of drug-likeness (QED) is 0.225. The molecular weight excluding hydrogens is 270 g/mol. The van der Waals surface area contributed by atoms with Gasteiger partial charge in [-0.05, 0) is 0 Å². The van der Waals surface area contributed by atoms with Crippen LogP contribution in [-0.2, 0) is 13.9 Å². The van der Waals surface area contributed by atoms with Gasteiger partial charge in [0.25, 0.3) is 7.82 Å². The van der Waals surface area contributed by atoms with Crippen LogP contribution in [0, 0.1) is 0 Å². The number of Topliss-reactive ketones (excluding diaryl/α,β-unsaturated/α-hetero) is 1. The molecule has 0 aliphatic carbocycles. The second-order valence-electron chi connectivity index (χ2n) is 2.89. The van der Waals surface area contributed by atoms with Crippen molar-refractivity contribution in [2.45, 2.75) is 18.3 Å². The van der Waals surface area contributed by atoms with Crippen LogP contribution in [0.4, 0.5) is 0 Å². The molecule has 0 aromatic carbocycles. The van der Waals surface area contributed by atoms with Gasteiger partial charge in [0.1, 0.15) is 24.9 Å². The van der Waals surface area contributed by atoms with Gasteiger partial charge in [0, 0.05) is 0 Å². The summed E-state index contributed by atoms with van der Waals surface area (Å²) in [5.41, 5.74) is 0. The summed E-state index contributed by atoms with van der Waals surface area (Å²) in [6.07, 6.45) is -6.03. The van der Waals surface area contributed by atoms with Crippen LogP contribution in [-0.4, -0.2) is 62.6 Å². The first kappa shape index (κ1) is 19.9. The van der Waals surface area contributed by atoms with E-state index in [0.717, 1.165) is 0 Å². The average molecular weight is 282 g/mol. The molecule has 0 amide bonds. The molecule has 0 fully saturated rings. The molecule has 0 aromatic heterocycles. The monoisotopic (exact) mass is 282 g/mol. The third kappa shape index (κ3) is 8.36. The SMILES string of the molecule is O=C(CO)[C@H](O)[C@@H](O)[C@H](O)COP(=O)([O-])O.[Na+]. The van der Waals surface area contributed by atoms with Crippen LogP contribution in [0.5, 0.6) is 0 Å². The molecule has 4 atom stereocenters. The number of carbonyl (C=O) groups is 1. The van der Waals surface area contributed by atoms with Gasteiger partial charge in [-0.1, -0.05) is 0 Å². The molecule has 0 aliphatic heterocycles. The topological polar surface area (TPSA) is 168 Å². The fourth-order valence-corrected chi connectivity index (χ4v) is 1.10. The van der Waals surface area contributed by atoms with E-state index in [1.54, 1.807) is 0 Å². The van der Waals surface area contributed by atoms with E-state index in [1.807, 2.05) is 0 Å². The maximum Gasteiger partial charge on any atom is 1.00 e. The molecule has 1 unspecified atom stereocenters. The van der Waals surface area contributed by atoms with Crippen molar-refractivity contribution in [1.82, 2.24) is 0 Å². The summed E-state index contributed by atoms with van der Waals surface area (Å²) >= 11 is 0. The van der Waals surface area contributed by atoms with Gasteiger partial charge >= 0.3 is 29.6 Å². The zero-order valence-corrected chi connectivity index (χ0v) is 11.9. The van der Waals surface area contributed by atoms with Crippen LogP contribution in [0.2, 0.25) is 0 Å². The Hall–Kier alpha value is 0.620. The second kappa shape index (κ2) is 8.68. The standard InChI is InChI=1S/C6H13O9P.Na/c7-1-3(8)5(10)6(11)4(9)2-15-16(12,13)14;/h4-7,9-11H,1-2H2,(H2,12,13,14);/q;+1/p-1/t4-,5+,6+;/m1./s1. The molecule has 0 rings (SSSR count). The van der Waals surface area contributed by atoms with Gasteiger partial charge in [0.05, 0.1) is 6.61 Å².